The number of rotatable bonds is 2. The van der Waals surface area contributed by atoms with Crippen molar-refractivity contribution in [2.45, 2.75) is 18.6 Å². The first-order valence-electron chi connectivity index (χ1n) is 7.56. The highest BCUT2D eigenvalue weighted by Gasteiger charge is 2.81. The average molecular weight is 335 g/mol. The first-order valence-corrected chi connectivity index (χ1v) is 7.56. The molecule has 2 aromatic carbocycles. The monoisotopic (exact) mass is 335 g/mol. The van der Waals surface area contributed by atoms with Gasteiger partial charge in [-0.05, 0) is 36.2 Å². The molecule has 1 spiro atoms. The summed E-state index contributed by atoms with van der Waals surface area (Å²) in [4.78, 5) is 14.0. The van der Waals surface area contributed by atoms with Crippen LogP contribution in [0.3, 0.4) is 0 Å². The molecule has 2 nitrogen and oxygen atoms in total. The number of halogens is 4. The Hall–Kier alpha value is -2.37. The van der Waals surface area contributed by atoms with E-state index in [0.717, 1.165) is 0 Å². The molecule has 1 aliphatic carbocycles. The van der Waals surface area contributed by atoms with Gasteiger partial charge in [-0.15, -0.1) is 0 Å². The number of anilines is 1. The number of nitrogens with zero attached hydrogens (tertiary/aromatic N) is 1. The largest absolute Gasteiger partial charge is 0.392 e. The molecule has 1 saturated heterocycles. The molecule has 0 N–H and O–H groups in total. The van der Waals surface area contributed by atoms with E-state index < -0.39 is 35.3 Å². The van der Waals surface area contributed by atoms with Crippen molar-refractivity contribution in [3.05, 3.63) is 66.0 Å². The van der Waals surface area contributed by atoms with Crippen molar-refractivity contribution < 1.29 is 22.4 Å². The van der Waals surface area contributed by atoms with Crippen molar-refractivity contribution in [2.75, 3.05) is 4.90 Å². The van der Waals surface area contributed by atoms with Gasteiger partial charge in [0, 0.05) is 5.69 Å². The SMILES string of the molecule is O=C1N(c2ccc(F)cc2)[C@H](c2ccccc2)[C@]12CC2C(F)(F)F. The van der Waals surface area contributed by atoms with E-state index in [1.807, 2.05) is 0 Å². The molecule has 2 aromatic rings. The number of amides is 1. The lowest BCUT2D eigenvalue weighted by molar-refractivity contribution is -0.168. The Balaban J connectivity index is 1.76. The summed E-state index contributed by atoms with van der Waals surface area (Å²) in [5.74, 6) is -2.61. The molecule has 1 aliphatic heterocycles. The van der Waals surface area contributed by atoms with Crippen LogP contribution in [0.2, 0.25) is 0 Å². The van der Waals surface area contributed by atoms with Gasteiger partial charge in [-0.25, -0.2) is 4.39 Å². The van der Waals surface area contributed by atoms with Crippen molar-refractivity contribution in [1.82, 2.24) is 0 Å². The number of hydrogen-bond acceptors (Lipinski definition) is 1. The maximum absolute atomic E-state index is 13.2. The number of benzene rings is 2. The van der Waals surface area contributed by atoms with Gasteiger partial charge >= 0.3 is 6.18 Å². The summed E-state index contributed by atoms with van der Waals surface area (Å²) in [5.41, 5.74) is -0.338. The zero-order valence-electron chi connectivity index (χ0n) is 12.4. The second-order valence-electron chi connectivity index (χ2n) is 6.30. The van der Waals surface area contributed by atoms with Crippen LogP contribution in [0, 0.1) is 17.2 Å². The van der Waals surface area contributed by atoms with E-state index in [1.54, 1.807) is 30.3 Å². The summed E-state index contributed by atoms with van der Waals surface area (Å²) in [7, 11) is 0. The van der Waals surface area contributed by atoms with Crippen molar-refractivity contribution in [2.24, 2.45) is 11.3 Å². The summed E-state index contributed by atoms with van der Waals surface area (Å²) in [6.45, 7) is 0. The zero-order chi connectivity index (χ0) is 17.1. The van der Waals surface area contributed by atoms with Gasteiger partial charge in [0.2, 0.25) is 5.91 Å². The smallest absolute Gasteiger partial charge is 0.303 e. The van der Waals surface area contributed by atoms with E-state index in [1.165, 1.54) is 29.2 Å². The van der Waals surface area contributed by atoms with Gasteiger partial charge in [0.15, 0.2) is 0 Å². The second-order valence-corrected chi connectivity index (χ2v) is 6.30. The van der Waals surface area contributed by atoms with Gasteiger partial charge in [0.1, 0.15) is 5.82 Å². The van der Waals surface area contributed by atoms with Crippen LogP contribution in [0.5, 0.6) is 0 Å². The second kappa shape index (κ2) is 4.82. The lowest BCUT2D eigenvalue weighted by atomic mass is 9.76. The van der Waals surface area contributed by atoms with Crippen LogP contribution in [-0.2, 0) is 4.79 Å². The van der Waals surface area contributed by atoms with E-state index in [2.05, 4.69) is 0 Å². The third-order valence-electron chi connectivity index (χ3n) is 4.98. The molecular formula is C18H13F4NO. The van der Waals surface area contributed by atoms with Gasteiger partial charge in [-0.3, -0.25) is 4.79 Å². The quantitative estimate of drug-likeness (QED) is 0.585. The third-order valence-corrected chi connectivity index (χ3v) is 4.98. The Morgan fingerprint density at radius 3 is 2.17 bits per heavy atom. The van der Waals surface area contributed by atoms with Crippen molar-refractivity contribution in [1.29, 1.82) is 0 Å². The molecule has 1 heterocycles. The van der Waals surface area contributed by atoms with Crippen LogP contribution in [0.15, 0.2) is 54.6 Å². The average Bonchev–Trinajstić information content (AvgIpc) is 3.32. The highest BCUT2D eigenvalue weighted by atomic mass is 19.4. The first-order chi connectivity index (χ1) is 11.4. The zero-order valence-corrected chi connectivity index (χ0v) is 12.4. The van der Waals surface area contributed by atoms with E-state index in [0.29, 0.717) is 11.3 Å². The van der Waals surface area contributed by atoms with Crippen LogP contribution in [0.4, 0.5) is 23.2 Å². The summed E-state index contributed by atoms with van der Waals surface area (Å²) in [6.07, 6.45) is -4.58. The molecule has 2 fully saturated rings. The molecule has 2 aliphatic rings. The predicted molar refractivity (Wildman–Crippen MR) is 79.7 cm³/mol. The Bertz CT molecular complexity index is 787. The molecule has 1 saturated carbocycles. The number of carbonyl (C=O) groups is 1. The van der Waals surface area contributed by atoms with Gasteiger partial charge in [0.25, 0.3) is 0 Å². The Labute approximate surface area is 135 Å². The maximum Gasteiger partial charge on any atom is 0.392 e. The number of β-lactam (4-membered cyclic amide) rings is 1. The van der Waals surface area contributed by atoms with E-state index in [-0.39, 0.29) is 6.42 Å². The molecular weight excluding hydrogens is 322 g/mol. The van der Waals surface area contributed by atoms with Gasteiger partial charge in [-0.2, -0.15) is 13.2 Å². The van der Waals surface area contributed by atoms with Crippen molar-refractivity contribution in [3.63, 3.8) is 0 Å². The van der Waals surface area contributed by atoms with Crippen molar-refractivity contribution in [3.8, 4) is 0 Å². The Kier molecular flexibility index (Phi) is 3.04. The molecule has 4 rings (SSSR count). The Morgan fingerprint density at radius 1 is 1.00 bits per heavy atom. The molecule has 0 radical (unpaired) electrons. The molecule has 0 bridgehead atoms. The molecule has 6 heteroatoms. The van der Waals surface area contributed by atoms with Crippen molar-refractivity contribution >= 4 is 11.6 Å². The molecule has 24 heavy (non-hydrogen) atoms. The number of alkyl halides is 3. The van der Waals surface area contributed by atoms with Gasteiger partial charge in [-0.1, -0.05) is 30.3 Å². The number of hydrogen-bond donors (Lipinski definition) is 0. The molecule has 1 amide bonds. The highest BCUT2D eigenvalue weighted by molar-refractivity contribution is 6.08. The minimum atomic E-state index is -4.39. The predicted octanol–water partition coefficient (Wildman–Crippen LogP) is 4.48. The summed E-state index contributed by atoms with van der Waals surface area (Å²) < 4.78 is 52.7. The molecule has 1 unspecified atom stereocenters. The minimum Gasteiger partial charge on any atom is -0.303 e. The fourth-order valence-corrected chi connectivity index (χ4v) is 3.80. The highest BCUT2D eigenvalue weighted by Crippen LogP contribution is 2.73. The summed E-state index contributed by atoms with van der Waals surface area (Å²) >= 11 is 0. The third kappa shape index (κ3) is 1.98. The lowest BCUT2D eigenvalue weighted by Crippen LogP contribution is -2.59. The molecule has 3 atom stereocenters. The topological polar surface area (TPSA) is 20.3 Å². The van der Waals surface area contributed by atoms with Crippen LogP contribution < -0.4 is 4.90 Å². The van der Waals surface area contributed by atoms with E-state index >= 15 is 0 Å². The van der Waals surface area contributed by atoms with Crippen LogP contribution >= 0.6 is 0 Å². The fraction of sp³-hybridized carbons (Fsp3) is 0.278. The lowest BCUT2D eigenvalue weighted by Gasteiger charge is -2.49. The standard InChI is InChI=1S/C18H13F4NO/c19-12-6-8-13(9-7-12)23-15(11-4-2-1-3-5-11)17(16(23)24)10-14(17)18(20,21)22/h1-9,14-15H,10H2/t14?,15-,17-/m1/s1. The van der Waals surface area contributed by atoms with Gasteiger partial charge < -0.3 is 4.90 Å². The van der Waals surface area contributed by atoms with Crippen LogP contribution in [0.1, 0.15) is 18.0 Å². The fourth-order valence-electron chi connectivity index (χ4n) is 3.80. The van der Waals surface area contributed by atoms with E-state index in [4.69, 9.17) is 0 Å². The van der Waals surface area contributed by atoms with Crippen LogP contribution in [-0.4, -0.2) is 12.1 Å². The van der Waals surface area contributed by atoms with Gasteiger partial charge in [0.05, 0.1) is 17.4 Å². The molecule has 124 valence electrons. The normalized spacial score (nSPS) is 28.8. The van der Waals surface area contributed by atoms with Crippen LogP contribution in [0.25, 0.3) is 0 Å². The minimum absolute atomic E-state index is 0.188. The molecule has 0 aromatic heterocycles. The van der Waals surface area contributed by atoms with E-state index in [9.17, 15) is 22.4 Å². The number of carbonyl (C=O) groups excluding carboxylic acids is 1. The summed E-state index contributed by atoms with van der Waals surface area (Å²) in [5, 5.41) is 0. The Morgan fingerprint density at radius 2 is 1.62 bits per heavy atom. The first kappa shape index (κ1) is 15.2. The summed E-state index contributed by atoms with van der Waals surface area (Å²) in [6, 6.07) is 13.2. The maximum atomic E-state index is 13.2.